The number of imidazole rings is 1. The van der Waals surface area contributed by atoms with E-state index < -0.39 is 0 Å². The van der Waals surface area contributed by atoms with Gasteiger partial charge in [-0.2, -0.15) is 5.10 Å². The lowest BCUT2D eigenvalue weighted by atomic mass is 10.2. The number of fused-ring (bicyclic) bond motifs is 1. The van der Waals surface area contributed by atoms with E-state index in [1.165, 1.54) is 32.1 Å². The van der Waals surface area contributed by atoms with Crippen LogP contribution >= 0.6 is 0 Å². The number of rotatable bonds is 10. The first-order chi connectivity index (χ1) is 17.8. The van der Waals surface area contributed by atoms with E-state index >= 15 is 0 Å². The van der Waals surface area contributed by atoms with Gasteiger partial charge in [0.05, 0.1) is 29.5 Å². The average molecular weight is 484 g/mol. The van der Waals surface area contributed by atoms with Gasteiger partial charge in [-0.3, -0.25) is 14.3 Å². The number of benzene rings is 1. The molecular formula is C26H29N9O. The van der Waals surface area contributed by atoms with E-state index in [9.17, 15) is 0 Å². The first-order valence-electron chi connectivity index (χ1n) is 12.0. The van der Waals surface area contributed by atoms with Crippen LogP contribution in [0.25, 0.3) is 17.0 Å². The first kappa shape index (κ1) is 23.4. The van der Waals surface area contributed by atoms with Gasteiger partial charge in [0, 0.05) is 37.6 Å². The SMILES string of the molecule is N/N=C\C=Nc1ccc(CNc2cc(-c3cnc4cc(OCCN5CCCC5)ccn34)ncn2)cc1. The molecule has 0 radical (unpaired) electrons. The summed E-state index contributed by atoms with van der Waals surface area (Å²) < 4.78 is 7.97. The summed E-state index contributed by atoms with van der Waals surface area (Å²) in [6.07, 6.45) is 10.9. The van der Waals surface area contributed by atoms with Crippen molar-refractivity contribution in [3.63, 3.8) is 0 Å². The molecule has 4 aromatic rings. The van der Waals surface area contributed by atoms with Gasteiger partial charge in [0.15, 0.2) is 0 Å². The normalized spacial score (nSPS) is 14.3. The Morgan fingerprint density at radius 2 is 1.89 bits per heavy atom. The fourth-order valence-electron chi connectivity index (χ4n) is 4.18. The number of anilines is 1. The molecule has 36 heavy (non-hydrogen) atoms. The quantitative estimate of drug-likeness (QED) is 0.201. The molecular weight excluding hydrogens is 454 g/mol. The van der Waals surface area contributed by atoms with Gasteiger partial charge >= 0.3 is 0 Å². The fourth-order valence-corrected chi connectivity index (χ4v) is 4.18. The van der Waals surface area contributed by atoms with E-state index in [4.69, 9.17) is 10.6 Å². The first-order valence-corrected chi connectivity index (χ1v) is 12.0. The van der Waals surface area contributed by atoms with Gasteiger partial charge in [-0.15, -0.1) is 0 Å². The van der Waals surface area contributed by atoms with Gasteiger partial charge in [-0.25, -0.2) is 15.0 Å². The molecule has 1 saturated heterocycles. The van der Waals surface area contributed by atoms with E-state index in [2.05, 4.69) is 35.3 Å². The third-order valence-corrected chi connectivity index (χ3v) is 6.08. The Balaban J connectivity index is 1.22. The van der Waals surface area contributed by atoms with E-state index in [0.29, 0.717) is 13.2 Å². The lowest BCUT2D eigenvalue weighted by molar-refractivity contribution is 0.238. The maximum atomic E-state index is 5.97. The Bertz CT molecular complexity index is 1340. The molecule has 3 aromatic heterocycles. The molecule has 184 valence electrons. The van der Waals surface area contributed by atoms with E-state index in [1.54, 1.807) is 12.5 Å². The highest BCUT2D eigenvalue weighted by molar-refractivity contribution is 6.16. The number of nitrogens with two attached hydrogens (primary N) is 1. The maximum Gasteiger partial charge on any atom is 0.140 e. The molecule has 3 N–H and O–H groups in total. The molecule has 0 atom stereocenters. The van der Waals surface area contributed by atoms with Gasteiger partial charge in [-0.1, -0.05) is 12.1 Å². The number of nitrogens with one attached hydrogen (secondary N) is 1. The molecule has 1 fully saturated rings. The molecule has 0 bridgehead atoms. The minimum atomic E-state index is 0.621. The summed E-state index contributed by atoms with van der Waals surface area (Å²) in [6, 6.07) is 13.8. The highest BCUT2D eigenvalue weighted by Gasteiger charge is 2.12. The molecule has 4 heterocycles. The summed E-state index contributed by atoms with van der Waals surface area (Å²) >= 11 is 0. The number of hydrogen-bond donors (Lipinski definition) is 2. The van der Waals surface area contributed by atoms with Crippen LogP contribution in [0.1, 0.15) is 18.4 Å². The molecule has 0 unspecified atom stereocenters. The summed E-state index contributed by atoms with van der Waals surface area (Å²) in [5, 5.41) is 6.75. The van der Waals surface area contributed by atoms with E-state index in [-0.39, 0.29) is 0 Å². The zero-order chi connectivity index (χ0) is 24.6. The Labute approximate surface area is 209 Å². The van der Waals surface area contributed by atoms with Crippen LogP contribution in [0, 0.1) is 0 Å². The molecule has 0 spiro atoms. The molecule has 1 aliphatic rings. The van der Waals surface area contributed by atoms with Gasteiger partial charge < -0.3 is 15.9 Å². The Kier molecular flexibility index (Phi) is 7.43. The van der Waals surface area contributed by atoms with Gasteiger partial charge in [0.25, 0.3) is 0 Å². The van der Waals surface area contributed by atoms with Crippen molar-refractivity contribution in [2.45, 2.75) is 19.4 Å². The third-order valence-electron chi connectivity index (χ3n) is 6.08. The topological polar surface area (TPSA) is 118 Å². The maximum absolute atomic E-state index is 5.97. The van der Waals surface area contributed by atoms with Gasteiger partial charge in [0.1, 0.15) is 30.1 Å². The molecule has 1 aliphatic heterocycles. The van der Waals surface area contributed by atoms with Crippen LogP contribution in [0.3, 0.4) is 0 Å². The number of pyridine rings is 1. The lowest BCUT2D eigenvalue weighted by Crippen LogP contribution is -2.25. The predicted octanol–water partition coefficient (Wildman–Crippen LogP) is 3.52. The Hall–Kier alpha value is -4.31. The van der Waals surface area contributed by atoms with Crippen molar-refractivity contribution < 1.29 is 4.74 Å². The smallest absolute Gasteiger partial charge is 0.140 e. The van der Waals surface area contributed by atoms with Gasteiger partial charge in [-0.05, 0) is 49.7 Å². The average Bonchev–Trinajstić information content (AvgIpc) is 3.58. The minimum absolute atomic E-state index is 0.621. The highest BCUT2D eigenvalue weighted by Crippen LogP contribution is 2.23. The van der Waals surface area contributed by atoms with Crippen LogP contribution in [-0.4, -0.2) is 62.9 Å². The highest BCUT2D eigenvalue weighted by atomic mass is 16.5. The van der Waals surface area contributed by atoms with Crippen molar-refractivity contribution in [3.05, 3.63) is 66.7 Å². The number of aromatic nitrogens is 4. The predicted molar refractivity (Wildman–Crippen MR) is 142 cm³/mol. The second-order valence-corrected chi connectivity index (χ2v) is 8.52. The second-order valence-electron chi connectivity index (χ2n) is 8.52. The Morgan fingerprint density at radius 3 is 2.72 bits per heavy atom. The van der Waals surface area contributed by atoms with Crippen LogP contribution in [-0.2, 0) is 6.54 Å². The van der Waals surface area contributed by atoms with Crippen LogP contribution in [0.2, 0.25) is 0 Å². The van der Waals surface area contributed by atoms with Crippen LogP contribution in [0.15, 0.2) is 71.3 Å². The number of nitrogens with zero attached hydrogens (tertiary/aromatic N) is 7. The minimum Gasteiger partial charge on any atom is -0.492 e. The summed E-state index contributed by atoms with van der Waals surface area (Å²) in [6.45, 7) is 4.62. The monoisotopic (exact) mass is 483 g/mol. The summed E-state index contributed by atoms with van der Waals surface area (Å²) in [4.78, 5) is 20.1. The molecule has 0 amide bonds. The number of hydrazone groups is 1. The van der Waals surface area contributed by atoms with E-state index in [1.807, 2.05) is 59.3 Å². The summed E-state index contributed by atoms with van der Waals surface area (Å²) in [5.74, 6) is 6.63. The lowest BCUT2D eigenvalue weighted by Gasteiger charge is -2.15. The third kappa shape index (κ3) is 5.84. The van der Waals surface area contributed by atoms with Crippen LogP contribution < -0.4 is 15.9 Å². The summed E-state index contributed by atoms with van der Waals surface area (Å²) in [5.41, 5.74) is 4.43. The van der Waals surface area contributed by atoms with Crippen molar-refractivity contribution in [1.82, 2.24) is 24.3 Å². The molecule has 1 aromatic carbocycles. The fraction of sp³-hybridized carbons (Fsp3) is 0.269. The number of likely N-dealkylation sites (tertiary alicyclic amines) is 1. The zero-order valence-corrected chi connectivity index (χ0v) is 20.0. The van der Waals surface area contributed by atoms with Crippen LogP contribution in [0.4, 0.5) is 11.5 Å². The zero-order valence-electron chi connectivity index (χ0n) is 20.0. The number of ether oxygens (including phenoxy) is 1. The molecule has 0 saturated carbocycles. The standard InChI is InChI=1S/C26H29N9O/c27-33-9-8-28-21-5-3-20(4-6-21)17-29-25-16-23(31-19-32-25)24-18-30-26-15-22(7-12-35(24)26)36-14-13-34-10-1-2-11-34/h3-9,12,15-16,18-19H,1-2,10-11,13-14,17,27H2,(H,29,31,32)/b28-8?,33-9-. The second kappa shape index (κ2) is 11.4. The van der Waals surface area contributed by atoms with Crippen molar-refractivity contribution in [2.24, 2.45) is 15.9 Å². The largest absolute Gasteiger partial charge is 0.492 e. The van der Waals surface area contributed by atoms with Crippen molar-refractivity contribution in [2.75, 3.05) is 31.6 Å². The Morgan fingerprint density at radius 1 is 1.03 bits per heavy atom. The van der Waals surface area contributed by atoms with Crippen molar-refractivity contribution >= 4 is 29.6 Å². The molecule has 0 aliphatic carbocycles. The van der Waals surface area contributed by atoms with E-state index in [0.717, 1.165) is 46.4 Å². The van der Waals surface area contributed by atoms with Gasteiger partial charge in [0.2, 0.25) is 0 Å². The van der Waals surface area contributed by atoms with Crippen molar-refractivity contribution in [1.29, 1.82) is 0 Å². The molecule has 5 rings (SSSR count). The number of hydrogen-bond acceptors (Lipinski definition) is 9. The molecule has 10 nitrogen and oxygen atoms in total. The number of aliphatic imine (C=N–C) groups is 1. The summed E-state index contributed by atoms with van der Waals surface area (Å²) in [7, 11) is 0. The van der Waals surface area contributed by atoms with Crippen molar-refractivity contribution in [3.8, 4) is 17.1 Å². The molecule has 10 heteroatoms. The van der Waals surface area contributed by atoms with Crippen LogP contribution in [0.5, 0.6) is 5.75 Å².